The summed E-state index contributed by atoms with van der Waals surface area (Å²) in [5, 5.41) is 16.9. The van der Waals surface area contributed by atoms with E-state index in [0.717, 1.165) is 10.7 Å². The van der Waals surface area contributed by atoms with Gasteiger partial charge in [0, 0.05) is 23.2 Å². The van der Waals surface area contributed by atoms with Crippen molar-refractivity contribution in [3.05, 3.63) is 56.0 Å². The molecule has 1 amide bonds. The van der Waals surface area contributed by atoms with Gasteiger partial charge in [-0.05, 0) is 24.6 Å². The number of hydrazone groups is 1. The molecule has 108 valence electrons. The van der Waals surface area contributed by atoms with Crippen LogP contribution in [-0.2, 0) is 11.2 Å². The van der Waals surface area contributed by atoms with Crippen molar-refractivity contribution in [1.29, 1.82) is 0 Å². The Hall–Kier alpha value is -2.61. The van der Waals surface area contributed by atoms with Crippen LogP contribution in [0.5, 0.6) is 0 Å². The molecule has 0 radical (unpaired) electrons. The molecule has 8 heteroatoms. The maximum atomic E-state index is 11.6. The van der Waals surface area contributed by atoms with Gasteiger partial charge in [-0.25, -0.2) is 10.4 Å². The number of carbonyl (C=O) groups excluding carboxylic acids is 1. The number of nitrogens with zero attached hydrogens (tertiary/aromatic N) is 3. The highest BCUT2D eigenvalue weighted by atomic mass is 32.1. The second-order valence-corrected chi connectivity index (χ2v) is 5.14. The number of aryl methyl sites for hydroxylation is 1. The molecule has 1 aromatic heterocycles. The van der Waals surface area contributed by atoms with Gasteiger partial charge in [0.05, 0.1) is 17.6 Å². The quantitative estimate of drug-likeness (QED) is 0.519. The van der Waals surface area contributed by atoms with Gasteiger partial charge in [0.2, 0.25) is 5.91 Å². The zero-order valence-corrected chi connectivity index (χ0v) is 12.0. The molecule has 1 heterocycles. The van der Waals surface area contributed by atoms with Gasteiger partial charge in [0.25, 0.3) is 5.69 Å². The van der Waals surface area contributed by atoms with E-state index < -0.39 is 4.92 Å². The maximum absolute atomic E-state index is 11.6. The molecule has 7 nitrogen and oxygen atoms in total. The van der Waals surface area contributed by atoms with Crippen molar-refractivity contribution in [2.75, 3.05) is 0 Å². The number of carbonyl (C=O) groups is 1. The van der Waals surface area contributed by atoms with Gasteiger partial charge in [0.1, 0.15) is 5.01 Å². The summed E-state index contributed by atoms with van der Waals surface area (Å²) in [5.41, 5.74) is 3.94. The SMILES string of the molecule is Cc1csc(CC(=O)N/N=C\c2ccc([N+](=O)[O-])cc2)n1. The first kappa shape index (κ1) is 14.8. The van der Waals surface area contributed by atoms with E-state index in [1.165, 1.54) is 29.7 Å². The number of non-ortho nitro benzene ring substituents is 1. The topological polar surface area (TPSA) is 97.5 Å². The number of nitro benzene ring substituents is 1. The number of benzene rings is 1. The smallest absolute Gasteiger partial charge is 0.269 e. The molecule has 2 rings (SSSR count). The van der Waals surface area contributed by atoms with Crippen molar-refractivity contribution in [1.82, 2.24) is 10.4 Å². The fourth-order valence-corrected chi connectivity index (χ4v) is 2.29. The largest absolute Gasteiger partial charge is 0.273 e. The van der Waals surface area contributed by atoms with E-state index in [1.807, 2.05) is 12.3 Å². The third kappa shape index (κ3) is 4.46. The molecular weight excluding hydrogens is 292 g/mol. The van der Waals surface area contributed by atoms with Crippen LogP contribution >= 0.6 is 11.3 Å². The summed E-state index contributed by atoms with van der Waals surface area (Å²) in [5.74, 6) is -0.262. The van der Waals surface area contributed by atoms with E-state index in [-0.39, 0.29) is 18.0 Å². The number of rotatable bonds is 5. The van der Waals surface area contributed by atoms with Crippen LogP contribution in [0.3, 0.4) is 0 Å². The van der Waals surface area contributed by atoms with Crippen LogP contribution in [0.1, 0.15) is 16.3 Å². The molecule has 1 aromatic carbocycles. The highest BCUT2D eigenvalue weighted by Crippen LogP contribution is 2.10. The van der Waals surface area contributed by atoms with Crippen molar-refractivity contribution in [3.63, 3.8) is 0 Å². The van der Waals surface area contributed by atoms with Crippen LogP contribution in [0.15, 0.2) is 34.7 Å². The van der Waals surface area contributed by atoms with Crippen LogP contribution in [0.25, 0.3) is 0 Å². The van der Waals surface area contributed by atoms with Crippen molar-refractivity contribution in [3.8, 4) is 0 Å². The first-order valence-electron chi connectivity index (χ1n) is 6.02. The van der Waals surface area contributed by atoms with Crippen molar-refractivity contribution < 1.29 is 9.72 Å². The minimum Gasteiger partial charge on any atom is -0.273 e. The summed E-state index contributed by atoms with van der Waals surface area (Å²) in [7, 11) is 0. The Kier molecular flexibility index (Phi) is 4.72. The Morgan fingerprint density at radius 1 is 1.48 bits per heavy atom. The number of hydrogen-bond donors (Lipinski definition) is 1. The van der Waals surface area contributed by atoms with E-state index in [1.54, 1.807) is 12.1 Å². The highest BCUT2D eigenvalue weighted by molar-refractivity contribution is 7.09. The second-order valence-electron chi connectivity index (χ2n) is 4.20. The third-order valence-electron chi connectivity index (χ3n) is 2.49. The summed E-state index contributed by atoms with van der Waals surface area (Å²) >= 11 is 1.42. The van der Waals surface area contributed by atoms with E-state index in [4.69, 9.17) is 0 Å². The molecule has 0 aliphatic heterocycles. The fourth-order valence-electron chi connectivity index (χ4n) is 1.52. The van der Waals surface area contributed by atoms with E-state index in [2.05, 4.69) is 15.5 Å². The van der Waals surface area contributed by atoms with Crippen LogP contribution in [0.4, 0.5) is 5.69 Å². The van der Waals surface area contributed by atoms with Gasteiger partial charge in [-0.15, -0.1) is 11.3 Å². The average Bonchev–Trinajstić information content (AvgIpc) is 2.84. The van der Waals surface area contributed by atoms with Gasteiger partial charge < -0.3 is 0 Å². The normalized spacial score (nSPS) is 10.7. The Balaban J connectivity index is 1.86. The molecule has 0 spiro atoms. The first-order valence-corrected chi connectivity index (χ1v) is 6.90. The molecule has 0 unspecified atom stereocenters. The molecule has 0 saturated carbocycles. The zero-order valence-electron chi connectivity index (χ0n) is 11.1. The molecule has 0 saturated heterocycles. The van der Waals surface area contributed by atoms with E-state index in [9.17, 15) is 14.9 Å². The van der Waals surface area contributed by atoms with Gasteiger partial charge in [0.15, 0.2) is 0 Å². The predicted molar refractivity (Wildman–Crippen MR) is 79.4 cm³/mol. The standard InChI is InChI=1S/C13H12N4O3S/c1-9-8-21-13(15-9)6-12(18)16-14-7-10-2-4-11(5-3-10)17(19)20/h2-5,7-8H,6H2,1H3,(H,16,18)/b14-7-. The minimum absolute atomic E-state index is 0.00956. The summed E-state index contributed by atoms with van der Waals surface area (Å²) in [6, 6.07) is 5.86. The lowest BCUT2D eigenvalue weighted by atomic mass is 10.2. The van der Waals surface area contributed by atoms with Gasteiger partial charge >= 0.3 is 0 Å². The summed E-state index contributed by atoms with van der Waals surface area (Å²) in [6.45, 7) is 1.87. The molecular formula is C13H12N4O3S. The minimum atomic E-state index is -0.473. The fraction of sp³-hybridized carbons (Fsp3) is 0.154. The number of hydrogen-bond acceptors (Lipinski definition) is 6. The number of aromatic nitrogens is 1. The zero-order chi connectivity index (χ0) is 15.2. The Morgan fingerprint density at radius 3 is 2.76 bits per heavy atom. The molecule has 0 bridgehead atoms. The summed E-state index contributed by atoms with van der Waals surface area (Å²) in [4.78, 5) is 25.8. The monoisotopic (exact) mass is 304 g/mol. The Morgan fingerprint density at radius 2 is 2.19 bits per heavy atom. The summed E-state index contributed by atoms with van der Waals surface area (Å²) in [6.07, 6.45) is 1.60. The Labute approximate surface area is 124 Å². The van der Waals surface area contributed by atoms with Crippen LogP contribution in [0, 0.1) is 17.0 Å². The first-order chi connectivity index (χ1) is 10.0. The van der Waals surface area contributed by atoms with Crippen LogP contribution in [-0.4, -0.2) is 22.0 Å². The number of nitrogens with one attached hydrogen (secondary N) is 1. The van der Waals surface area contributed by atoms with Crippen LogP contribution < -0.4 is 5.43 Å². The van der Waals surface area contributed by atoms with Crippen molar-refractivity contribution in [2.45, 2.75) is 13.3 Å². The van der Waals surface area contributed by atoms with Crippen molar-refractivity contribution in [2.24, 2.45) is 5.10 Å². The lowest BCUT2D eigenvalue weighted by Crippen LogP contribution is -2.19. The second kappa shape index (κ2) is 6.71. The molecule has 2 aromatic rings. The number of nitro groups is 1. The Bertz CT molecular complexity index is 679. The highest BCUT2D eigenvalue weighted by Gasteiger charge is 2.06. The number of thiazole rings is 1. The van der Waals surface area contributed by atoms with Gasteiger partial charge in [-0.1, -0.05) is 0 Å². The molecule has 0 aliphatic carbocycles. The number of amides is 1. The molecule has 0 fully saturated rings. The van der Waals surface area contributed by atoms with Gasteiger partial charge in [-0.2, -0.15) is 5.10 Å². The molecule has 0 aliphatic rings. The molecule has 0 atom stereocenters. The summed E-state index contributed by atoms with van der Waals surface area (Å²) < 4.78 is 0. The van der Waals surface area contributed by atoms with Crippen LogP contribution in [0.2, 0.25) is 0 Å². The lowest BCUT2D eigenvalue weighted by molar-refractivity contribution is -0.384. The maximum Gasteiger partial charge on any atom is 0.269 e. The molecule has 21 heavy (non-hydrogen) atoms. The predicted octanol–water partition coefficient (Wildman–Crippen LogP) is 2.05. The van der Waals surface area contributed by atoms with Gasteiger partial charge in [-0.3, -0.25) is 14.9 Å². The van der Waals surface area contributed by atoms with E-state index >= 15 is 0 Å². The third-order valence-corrected chi connectivity index (χ3v) is 3.45. The lowest BCUT2D eigenvalue weighted by Gasteiger charge is -1.97. The molecule has 1 N–H and O–H groups in total. The van der Waals surface area contributed by atoms with Crippen molar-refractivity contribution >= 4 is 29.1 Å². The van der Waals surface area contributed by atoms with E-state index in [0.29, 0.717) is 5.56 Å². The average molecular weight is 304 g/mol.